The molecule has 2 fully saturated rings. The molecule has 0 saturated carbocycles. The molecule has 21 heavy (non-hydrogen) atoms. The monoisotopic (exact) mass is 307 g/mol. The van der Waals surface area contributed by atoms with E-state index < -0.39 is 17.5 Å². The third-order valence-electron chi connectivity index (χ3n) is 4.54. The predicted molar refractivity (Wildman–Crippen MR) is 73.9 cm³/mol. The molecule has 0 aromatic rings. The number of nitrogens with zero attached hydrogens (tertiary/aromatic N) is 1. The predicted octanol–water partition coefficient (Wildman–Crippen LogP) is 1.52. The molecule has 7 heteroatoms. The Kier molecular flexibility index (Phi) is 5.48. The van der Waals surface area contributed by atoms with Crippen LogP contribution in [0.3, 0.4) is 0 Å². The van der Waals surface area contributed by atoms with Crippen molar-refractivity contribution in [2.75, 3.05) is 39.3 Å². The Balaban J connectivity index is 1.82. The average molecular weight is 307 g/mol. The molecule has 2 aliphatic rings. The zero-order valence-electron chi connectivity index (χ0n) is 12.3. The Morgan fingerprint density at radius 3 is 2.38 bits per heavy atom. The summed E-state index contributed by atoms with van der Waals surface area (Å²) in [5.74, 6) is -0.880. The maximum Gasteiger partial charge on any atom is 0.404 e. The van der Waals surface area contributed by atoms with Crippen molar-refractivity contribution in [2.45, 2.75) is 38.3 Å². The van der Waals surface area contributed by atoms with Gasteiger partial charge in [0.15, 0.2) is 5.41 Å². The molecule has 0 aromatic heterocycles. The standard InChI is InChI=1S/C14H24F3N3O/c15-14(16,17)13(5-6-18-11-13)12(21)19-7-10-20-8-3-1-2-4-9-20/h18H,1-11H2,(H,19,21). The van der Waals surface area contributed by atoms with Gasteiger partial charge in [0.1, 0.15) is 0 Å². The van der Waals surface area contributed by atoms with Crippen LogP contribution in [0, 0.1) is 5.41 Å². The van der Waals surface area contributed by atoms with Gasteiger partial charge in [-0.25, -0.2) is 0 Å². The maximum atomic E-state index is 13.2. The first-order chi connectivity index (χ1) is 9.96. The lowest BCUT2D eigenvalue weighted by Crippen LogP contribution is -2.53. The molecule has 2 rings (SSSR count). The van der Waals surface area contributed by atoms with Gasteiger partial charge in [0.25, 0.3) is 0 Å². The minimum Gasteiger partial charge on any atom is -0.354 e. The second-order valence-corrected chi connectivity index (χ2v) is 6.02. The molecular formula is C14H24F3N3O. The van der Waals surface area contributed by atoms with Crippen molar-refractivity contribution in [3.8, 4) is 0 Å². The van der Waals surface area contributed by atoms with Gasteiger partial charge in [0.2, 0.25) is 5.91 Å². The maximum absolute atomic E-state index is 13.2. The molecule has 4 nitrogen and oxygen atoms in total. The molecule has 1 atom stereocenters. The third-order valence-corrected chi connectivity index (χ3v) is 4.54. The Hall–Kier alpha value is -0.820. The van der Waals surface area contributed by atoms with E-state index in [1.54, 1.807) is 0 Å². The number of carbonyl (C=O) groups is 1. The lowest BCUT2D eigenvalue weighted by molar-refractivity contribution is -0.216. The van der Waals surface area contributed by atoms with Gasteiger partial charge >= 0.3 is 6.18 Å². The Morgan fingerprint density at radius 2 is 1.86 bits per heavy atom. The minimum absolute atomic E-state index is 0.175. The van der Waals surface area contributed by atoms with Crippen LogP contribution in [0.4, 0.5) is 13.2 Å². The molecular weight excluding hydrogens is 283 g/mol. The second-order valence-electron chi connectivity index (χ2n) is 6.02. The largest absolute Gasteiger partial charge is 0.404 e. The highest BCUT2D eigenvalue weighted by atomic mass is 19.4. The van der Waals surface area contributed by atoms with E-state index in [0.29, 0.717) is 6.54 Å². The molecule has 2 aliphatic heterocycles. The Bertz CT molecular complexity index is 346. The molecule has 0 bridgehead atoms. The van der Waals surface area contributed by atoms with Crippen LogP contribution < -0.4 is 10.6 Å². The van der Waals surface area contributed by atoms with Crippen LogP contribution >= 0.6 is 0 Å². The van der Waals surface area contributed by atoms with Gasteiger partial charge in [-0.1, -0.05) is 12.8 Å². The average Bonchev–Trinajstić information content (AvgIpc) is 2.79. The highest BCUT2D eigenvalue weighted by Gasteiger charge is 2.61. The van der Waals surface area contributed by atoms with Crippen molar-refractivity contribution < 1.29 is 18.0 Å². The van der Waals surface area contributed by atoms with Gasteiger partial charge in [-0.2, -0.15) is 13.2 Å². The highest BCUT2D eigenvalue weighted by Crippen LogP contribution is 2.43. The summed E-state index contributed by atoms with van der Waals surface area (Å²) in [4.78, 5) is 14.3. The van der Waals surface area contributed by atoms with Gasteiger partial charge in [-0.05, 0) is 38.9 Å². The number of nitrogens with one attached hydrogen (secondary N) is 2. The first-order valence-corrected chi connectivity index (χ1v) is 7.74. The van der Waals surface area contributed by atoms with Crippen LogP contribution in [0.15, 0.2) is 0 Å². The van der Waals surface area contributed by atoms with E-state index in [-0.39, 0.29) is 26.1 Å². The van der Waals surface area contributed by atoms with Gasteiger partial charge in [-0.3, -0.25) is 4.79 Å². The topological polar surface area (TPSA) is 44.4 Å². The van der Waals surface area contributed by atoms with E-state index in [9.17, 15) is 18.0 Å². The molecule has 0 spiro atoms. The van der Waals surface area contributed by atoms with Crippen molar-refractivity contribution in [2.24, 2.45) is 5.41 Å². The number of amides is 1. The van der Waals surface area contributed by atoms with Crippen molar-refractivity contribution in [1.29, 1.82) is 0 Å². The lowest BCUT2D eigenvalue weighted by Gasteiger charge is -2.30. The summed E-state index contributed by atoms with van der Waals surface area (Å²) < 4.78 is 39.6. The molecule has 122 valence electrons. The fraction of sp³-hybridized carbons (Fsp3) is 0.929. The number of likely N-dealkylation sites (tertiary alicyclic amines) is 1. The zero-order valence-corrected chi connectivity index (χ0v) is 12.3. The molecule has 0 aliphatic carbocycles. The van der Waals surface area contributed by atoms with E-state index in [1.807, 2.05) is 0 Å². The van der Waals surface area contributed by atoms with Crippen LogP contribution in [0.1, 0.15) is 32.1 Å². The van der Waals surface area contributed by atoms with E-state index in [2.05, 4.69) is 15.5 Å². The third kappa shape index (κ3) is 3.88. The number of hydrogen-bond acceptors (Lipinski definition) is 3. The normalized spacial score (nSPS) is 28.3. The van der Waals surface area contributed by atoms with E-state index in [0.717, 1.165) is 25.9 Å². The molecule has 2 N–H and O–H groups in total. The molecule has 0 aromatic carbocycles. The quantitative estimate of drug-likeness (QED) is 0.828. The summed E-state index contributed by atoms with van der Waals surface area (Å²) in [5, 5.41) is 5.16. The molecule has 1 amide bonds. The smallest absolute Gasteiger partial charge is 0.354 e. The van der Waals surface area contributed by atoms with E-state index in [1.165, 1.54) is 12.8 Å². The van der Waals surface area contributed by atoms with Crippen LogP contribution in [0.25, 0.3) is 0 Å². The number of hydrogen-bond donors (Lipinski definition) is 2. The fourth-order valence-corrected chi connectivity index (χ4v) is 3.11. The van der Waals surface area contributed by atoms with Gasteiger partial charge in [0.05, 0.1) is 0 Å². The zero-order chi connectivity index (χ0) is 15.3. The van der Waals surface area contributed by atoms with Gasteiger partial charge in [0, 0.05) is 19.6 Å². The summed E-state index contributed by atoms with van der Waals surface area (Å²) in [6.07, 6.45) is 0.0152. The second kappa shape index (κ2) is 6.96. The van der Waals surface area contributed by atoms with Crippen LogP contribution in [0.2, 0.25) is 0 Å². The van der Waals surface area contributed by atoms with Crippen LogP contribution in [-0.4, -0.2) is 56.3 Å². The summed E-state index contributed by atoms with van der Waals surface area (Å²) >= 11 is 0. The molecule has 1 unspecified atom stereocenters. The van der Waals surface area contributed by atoms with Crippen molar-refractivity contribution in [3.05, 3.63) is 0 Å². The number of carbonyl (C=O) groups excluding carboxylic acids is 1. The molecule has 2 heterocycles. The number of halogens is 3. The van der Waals surface area contributed by atoms with Crippen LogP contribution in [0.5, 0.6) is 0 Å². The Labute approximate surface area is 123 Å². The van der Waals surface area contributed by atoms with Crippen molar-refractivity contribution >= 4 is 5.91 Å². The summed E-state index contributed by atoms with van der Waals surface area (Å²) in [6.45, 7) is 2.79. The van der Waals surface area contributed by atoms with Gasteiger partial charge in [-0.15, -0.1) is 0 Å². The SMILES string of the molecule is O=C(NCCN1CCCCCC1)C1(C(F)(F)F)CCNC1. The molecule has 2 saturated heterocycles. The lowest BCUT2D eigenvalue weighted by atomic mass is 9.85. The van der Waals surface area contributed by atoms with Crippen molar-refractivity contribution in [3.63, 3.8) is 0 Å². The first-order valence-electron chi connectivity index (χ1n) is 7.74. The minimum atomic E-state index is -4.50. The van der Waals surface area contributed by atoms with Crippen LogP contribution in [-0.2, 0) is 4.79 Å². The number of alkyl halides is 3. The highest BCUT2D eigenvalue weighted by molar-refractivity contribution is 5.84. The Morgan fingerprint density at radius 1 is 1.19 bits per heavy atom. The number of rotatable bonds is 4. The summed E-state index contributed by atoms with van der Waals surface area (Å²) in [7, 11) is 0. The fourth-order valence-electron chi connectivity index (χ4n) is 3.11. The van der Waals surface area contributed by atoms with Gasteiger partial charge < -0.3 is 15.5 Å². The van der Waals surface area contributed by atoms with E-state index >= 15 is 0 Å². The summed E-state index contributed by atoms with van der Waals surface area (Å²) in [6, 6.07) is 0. The summed E-state index contributed by atoms with van der Waals surface area (Å²) in [5.41, 5.74) is -2.24. The van der Waals surface area contributed by atoms with E-state index in [4.69, 9.17) is 0 Å². The first kappa shape index (κ1) is 16.5. The van der Waals surface area contributed by atoms with Crippen molar-refractivity contribution in [1.82, 2.24) is 15.5 Å². The molecule has 0 radical (unpaired) electrons.